The Morgan fingerprint density at radius 3 is 2.74 bits per heavy atom. The number of ether oxygens (including phenoxy) is 2. The normalized spacial score (nSPS) is 16.2. The fraction of sp³-hybridized carbons (Fsp3) is 0.375. The van der Waals surface area contributed by atoms with Crippen LogP contribution < -0.4 is 21.1 Å². The van der Waals surface area contributed by atoms with Crippen LogP contribution in [0, 0.1) is 10.1 Å². The summed E-state index contributed by atoms with van der Waals surface area (Å²) < 4.78 is 11.0. The third-order valence-corrected chi connectivity index (χ3v) is 3.68. The number of amides is 2. The Kier molecular flexibility index (Phi) is 6.94. The highest BCUT2D eigenvalue weighted by Crippen LogP contribution is 2.37. The van der Waals surface area contributed by atoms with Crippen molar-refractivity contribution in [2.24, 2.45) is 5.73 Å². The molecule has 11 heteroatoms. The first-order valence-electron chi connectivity index (χ1n) is 8.10. The van der Waals surface area contributed by atoms with Crippen LogP contribution in [0.3, 0.4) is 0 Å². The summed E-state index contributed by atoms with van der Waals surface area (Å²) in [4.78, 5) is 32.7. The van der Waals surface area contributed by atoms with E-state index < -0.39 is 16.9 Å². The highest BCUT2D eigenvalue weighted by atomic mass is 16.6. The average molecular weight is 380 g/mol. The van der Waals surface area contributed by atoms with Gasteiger partial charge in [0.15, 0.2) is 11.4 Å². The van der Waals surface area contributed by atoms with Gasteiger partial charge in [-0.2, -0.15) is 0 Å². The van der Waals surface area contributed by atoms with Gasteiger partial charge in [0.05, 0.1) is 18.1 Å². The summed E-state index contributed by atoms with van der Waals surface area (Å²) in [7, 11) is 0. The summed E-state index contributed by atoms with van der Waals surface area (Å²) in [5, 5.41) is 25.0. The lowest BCUT2D eigenvalue weighted by Gasteiger charge is -2.17. The van der Waals surface area contributed by atoms with Crippen molar-refractivity contribution < 1.29 is 29.1 Å². The number of nitro benzene ring substituents is 1. The summed E-state index contributed by atoms with van der Waals surface area (Å²) in [6.45, 7) is 1.14. The van der Waals surface area contributed by atoms with Crippen molar-refractivity contribution in [2.45, 2.75) is 12.5 Å². The highest BCUT2D eigenvalue weighted by Gasteiger charge is 2.25. The number of anilines is 1. The van der Waals surface area contributed by atoms with Gasteiger partial charge in [-0.15, -0.1) is 0 Å². The van der Waals surface area contributed by atoms with E-state index >= 15 is 0 Å². The summed E-state index contributed by atoms with van der Waals surface area (Å²) in [5.41, 5.74) is 4.98. The predicted octanol–water partition coefficient (Wildman–Crippen LogP) is 1.10. The van der Waals surface area contributed by atoms with Crippen LogP contribution in [0.25, 0.3) is 0 Å². The van der Waals surface area contributed by atoms with Gasteiger partial charge in [-0.25, -0.2) is 4.79 Å². The number of hydrogen-bond acceptors (Lipinski definition) is 7. The second kappa shape index (κ2) is 9.38. The number of nitrogens with two attached hydrogens (primary N) is 1. The van der Waals surface area contributed by atoms with Crippen molar-refractivity contribution in [3.8, 4) is 5.75 Å². The van der Waals surface area contributed by atoms with Crippen LogP contribution >= 0.6 is 0 Å². The second-order valence-electron chi connectivity index (χ2n) is 5.63. The lowest BCUT2D eigenvalue weighted by atomic mass is 10.1. The van der Waals surface area contributed by atoms with Gasteiger partial charge in [0.1, 0.15) is 6.10 Å². The quantitative estimate of drug-likeness (QED) is 0.281. The maximum Gasteiger partial charge on any atom is 0.404 e. The van der Waals surface area contributed by atoms with Gasteiger partial charge in [-0.05, 0) is 6.07 Å². The van der Waals surface area contributed by atoms with Crippen molar-refractivity contribution >= 4 is 23.4 Å². The molecule has 0 spiro atoms. The van der Waals surface area contributed by atoms with Gasteiger partial charge < -0.3 is 30.9 Å². The molecule has 1 heterocycles. The minimum Gasteiger partial charge on any atom is -0.485 e. The van der Waals surface area contributed by atoms with E-state index in [1.165, 1.54) is 6.07 Å². The van der Waals surface area contributed by atoms with Crippen LogP contribution in [0.5, 0.6) is 5.75 Å². The Labute approximate surface area is 154 Å². The zero-order valence-corrected chi connectivity index (χ0v) is 14.3. The average Bonchev–Trinajstić information content (AvgIpc) is 3.10. The number of nitrogens with zero attached hydrogens (tertiary/aromatic N) is 1. The fourth-order valence-electron chi connectivity index (χ4n) is 2.42. The second-order valence-corrected chi connectivity index (χ2v) is 5.63. The summed E-state index contributed by atoms with van der Waals surface area (Å²) in [6.07, 6.45) is 2.33. The largest absolute Gasteiger partial charge is 0.485 e. The van der Waals surface area contributed by atoms with E-state index in [0.717, 1.165) is 6.07 Å². The highest BCUT2D eigenvalue weighted by molar-refractivity contribution is 5.95. The van der Waals surface area contributed by atoms with E-state index in [9.17, 15) is 19.7 Å². The van der Waals surface area contributed by atoms with Crippen LogP contribution in [0.2, 0.25) is 0 Å². The van der Waals surface area contributed by atoms with E-state index in [2.05, 4.69) is 10.6 Å². The number of hydrogen-bond donors (Lipinski definition) is 4. The maximum atomic E-state index is 11.5. The molecule has 0 saturated carbocycles. The molecule has 0 aromatic heterocycles. The van der Waals surface area contributed by atoms with Crippen molar-refractivity contribution in [3.63, 3.8) is 0 Å². The lowest BCUT2D eigenvalue weighted by Crippen LogP contribution is -2.20. The van der Waals surface area contributed by atoms with Gasteiger partial charge >= 0.3 is 6.09 Å². The van der Waals surface area contributed by atoms with Crippen LogP contribution in [0.15, 0.2) is 24.3 Å². The van der Waals surface area contributed by atoms with Crippen LogP contribution in [-0.2, 0) is 4.74 Å². The smallest absolute Gasteiger partial charge is 0.404 e. The minimum atomic E-state index is -1.15. The molecule has 5 N–H and O–H groups in total. The van der Waals surface area contributed by atoms with Gasteiger partial charge in [0.2, 0.25) is 5.91 Å². The molecule has 0 aliphatic carbocycles. The minimum absolute atomic E-state index is 0.0395. The van der Waals surface area contributed by atoms with Crippen molar-refractivity contribution in [1.29, 1.82) is 0 Å². The third-order valence-electron chi connectivity index (χ3n) is 3.68. The number of primary amides is 1. The van der Waals surface area contributed by atoms with Gasteiger partial charge in [-0.3, -0.25) is 14.9 Å². The zero-order valence-electron chi connectivity index (χ0n) is 14.3. The molecular formula is C16H20N4O7. The molecule has 1 aromatic rings. The number of benzene rings is 1. The SMILES string of the molecule is NC(=O)c1cc(OC2CCOC2)c(NCC=CCNC(=O)O)c([N+](=O)[O-])c1. The van der Waals surface area contributed by atoms with Crippen molar-refractivity contribution in [2.75, 3.05) is 31.6 Å². The first kappa shape index (κ1) is 20.0. The van der Waals surface area contributed by atoms with E-state index in [1.807, 2.05) is 0 Å². The van der Waals surface area contributed by atoms with Crippen molar-refractivity contribution in [1.82, 2.24) is 5.32 Å². The Morgan fingerprint density at radius 2 is 2.15 bits per heavy atom. The molecule has 1 saturated heterocycles. The van der Waals surface area contributed by atoms with Crippen LogP contribution in [0.1, 0.15) is 16.8 Å². The summed E-state index contributed by atoms with van der Waals surface area (Å²) >= 11 is 0. The zero-order chi connectivity index (χ0) is 19.8. The molecule has 1 aliphatic rings. The number of nitro groups is 1. The molecule has 1 unspecified atom stereocenters. The molecule has 1 aromatic carbocycles. The van der Waals surface area contributed by atoms with E-state index in [1.54, 1.807) is 12.2 Å². The molecule has 2 amide bonds. The fourth-order valence-corrected chi connectivity index (χ4v) is 2.42. The van der Waals surface area contributed by atoms with E-state index in [4.69, 9.17) is 20.3 Å². The molecule has 146 valence electrons. The number of nitrogens with one attached hydrogen (secondary N) is 2. The molecule has 1 aliphatic heterocycles. The Balaban J connectivity index is 2.23. The third kappa shape index (κ3) is 5.85. The Bertz CT molecular complexity index is 745. The molecular weight excluding hydrogens is 360 g/mol. The molecule has 0 radical (unpaired) electrons. The van der Waals surface area contributed by atoms with Gasteiger partial charge in [0, 0.05) is 31.1 Å². The number of carbonyl (C=O) groups is 2. The number of carbonyl (C=O) groups excluding carboxylic acids is 1. The summed E-state index contributed by atoms with van der Waals surface area (Å²) in [5.74, 6) is -0.678. The summed E-state index contributed by atoms with van der Waals surface area (Å²) in [6, 6.07) is 2.43. The number of carboxylic acid groups (broad SMARTS) is 1. The molecule has 2 rings (SSSR count). The number of rotatable bonds is 9. The lowest BCUT2D eigenvalue weighted by molar-refractivity contribution is -0.384. The first-order chi connectivity index (χ1) is 12.9. The Morgan fingerprint density at radius 1 is 1.41 bits per heavy atom. The predicted molar refractivity (Wildman–Crippen MR) is 95.1 cm³/mol. The first-order valence-corrected chi connectivity index (χ1v) is 8.10. The maximum absolute atomic E-state index is 11.5. The molecule has 1 atom stereocenters. The monoisotopic (exact) mass is 380 g/mol. The topological polar surface area (TPSA) is 166 Å². The molecule has 1 fully saturated rings. The van der Waals surface area contributed by atoms with Crippen LogP contribution in [0.4, 0.5) is 16.2 Å². The van der Waals surface area contributed by atoms with Crippen molar-refractivity contribution in [3.05, 3.63) is 40.0 Å². The molecule has 0 bridgehead atoms. The van der Waals surface area contributed by atoms with E-state index in [0.29, 0.717) is 19.6 Å². The standard InChI is InChI=1S/C16H20N4O7/c17-15(21)10-7-12(20(24)25)14(18-4-1-2-5-19-16(22)23)13(8-10)27-11-3-6-26-9-11/h1-2,7-8,11,18-19H,3-6,9H2,(H2,17,21)(H,22,23). The van der Waals surface area contributed by atoms with E-state index in [-0.39, 0.29) is 41.9 Å². The van der Waals surface area contributed by atoms with Gasteiger partial charge in [0.25, 0.3) is 5.69 Å². The molecule has 27 heavy (non-hydrogen) atoms. The van der Waals surface area contributed by atoms with Gasteiger partial charge in [-0.1, -0.05) is 12.2 Å². The molecule has 11 nitrogen and oxygen atoms in total. The van der Waals surface area contributed by atoms with Crippen LogP contribution in [-0.4, -0.2) is 54.4 Å². The Hall–Kier alpha value is -3.34.